The van der Waals surface area contributed by atoms with Crippen molar-refractivity contribution < 1.29 is 9.53 Å². The zero-order chi connectivity index (χ0) is 13.4. The Balaban J connectivity index is 2.12. The molecule has 1 fully saturated rings. The lowest BCUT2D eigenvalue weighted by Gasteiger charge is -2.21. The number of carbonyl (C=O) groups excluding carboxylic acids is 1. The predicted molar refractivity (Wildman–Crippen MR) is 72.6 cm³/mol. The second-order valence-corrected chi connectivity index (χ2v) is 6.48. The van der Waals surface area contributed by atoms with Crippen LogP contribution in [0.4, 0.5) is 0 Å². The summed E-state index contributed by atoms with van der Waals surface area (Å²) in [5.74, 6) is -0.140. The quantitative estimate of drug-likeness (QED) is 0.761. The van der Waals surface area contributed by atoms with Gasteiger partial charge in [-0.25, -0.2) is 0 Å². The smallest absolute Gasteiger partial charge is 0.310 e. The molecule has 1 aromatic rings. The molecule has 0 heterocycles. The Morgan fingerprint density at radius 2 is 1.89 bits per heavy atom. The number of rotatable bonds is 3. The van der Waals surface area contributed by atoms with Crippen molar-refractivity contribution in [2.75, 3.05) is 0 Å². The minimum absolute atomic E-state index is 0.140. The highest BCUT2D eigenvalue weighted by atomic mass is 16.6. The average molecular weight is 246 g/mol. The highest BCUT2D eigenvalue weighted by Crippen LogP contribution is 2.48. The number of esters is 1. The Labute approximate surface area is 109 Å². The highest BCUT2D eigenvalue weighted by Gasteiger charge is 2.40. The van der Waals surface area contributed by atoms with E-state index in [-0.39, 0.29) is 5.97 Å². The standard InChI is InChI=1S/C16H22O2/c1-15(2,3)18-14(17)11-12-7-5-6-8-13(12)16(4)9-10-16/h5-8H,9-11H2,1-4H3. The van der Waals surface area contributed by atoms with E-state index in [0.29, 0.717) is 11.8 Å². The molecule has 98 valence electrons. The maximum atomic E-state index is 11.9. The van der Waals surface area contributed by atoms with Crippen LogP contribution in [0.2, 0.25) is 0 Å². The Morgan fingerprint density at radius 1 is 1.28 bits per heavy atom. The lowest BCUT2D eigenvalue weighted by molar-refractivity contribution is -0.153. The summed E-state index contributed by atoms with van der Waals surface area (Å²) in [6, 6.07) is 8.24. The molecule has 2 heteroatoms. The van der Waals surface area contributed by atoms with E-state index in [0.717, 1.165) is 5.56 Å². The van der Waals surface area contributed by atoms with Crippen molar-refractivity contribution in [1.82, 2.24) is 0 Å². The lowest BCUT2D eigenvalue weighted by Crippen LogP contribution is -2.25. The van der Waals surface area contributed by atoms with Crippen molar-refractivity contribution in [3.05, 3.63) is 35.4 Å². The van der Waals surface area contributed by atoms with Crippen LogP contribution in [0.15, 0.2) is 24.3 Å². The van der Waals surface area contributed by atoms with E-state index in [1.807, 2.05) is 32.9 Å². The normalized spacial score (nSPS) is 17.3. The molecule has 0 aromatic heterocycles. The summed E-state index contributed by atoms with van der Waals surface area (Å²) in [4.78, 5) is 11.9. The first kappa shape index (κ1) is 13.1. The Bertz CT molecular complexity index is 450. The molecular formula is C16H22O2. The monoisotopic (exact) mass is 246 g/mol. The summed E-state index contributed by atoms with van der Waals surface area (Å²) in [5.41, 5.74) is 2.32. The molecule has 0 amide bonds. The van der Waals surface area contributed by atoms with Crippen molar-refractivity contribution in [3.8, 4) is 0 Å². The van der Waals surface area contributed by atoms with Crippen LogP contribution in [0, 0.1) is 0 Å². The zero-order valence-electron chi connectivity index (χ0n) is 11.7. The fraction of sp³-hybridized carbons (Fsp3) is 0.562. The van der Waals surface area contributed by atoms with E-state index in [1.54, 1.807) is 0 Å². The van der Waals surface area contributed by atoms with Crippen LogP contribution in [0.5, 0.6) is 0 Å². The first-order valence-corrected chi connectivity index (χ1v) is 6.60. The third kappa shape index (κ3) is 3.12. The average Bonchev–Trinajstić information content (AvgIpc) is 2.95. The molecule has 0 atom stereocenters. The van der Waals surface area contributed by atoms with Gasteiger partial charge in [0.2, 0.25) is 0 Å². The van der Waals surface area contributed by atoms with Gasteiger partial charge < -0.3 is 4.74 Å². The molecule has 2 rings (SSSR count). The molecule has 0 saturated heterocycles. The third-order valence-corrected chi connectivity index (χ3v) is 3.42. The summed E-state index contributed by atoms with van der Waals surface area (Å²) >= 11 is 0. The number of benzene rings is 1. The van der Waals surface area contributed by atoms with Crippen molar-refractivity contribution in [1.29, 1.82) is 0 Å². The fourth-order valence-corrected chi connectivity index (χ4v) is 2.25. The molecule has 1 aliphatic rings. The van der Waals surface area contributed by atoms with Crippen LogP contribution >= 0.6 is 0 Å². The molecule has 1 aromatic carbocycles. The second kappa shape index (κ2) is 4.42. The Kier molecular flexibility index (Phi) is 3.22. The Hall–Kier alpha value is -1.31. The van der Waals surface area contributed by atoms with Crippen LogP contribution < -0.4 is 0 Å². The number of hydrogen-bond acceptors (Lipinski definition) is 2. The van der Waals surface area contributed by atoms with Gasteiger partial charge in [0.05, 0.1) is 6.42 Å². The second-order valence-electron chi connectivity index (χ2n) is 6.48. The van der Waals surface area contributed by atoms with Crippen LogP contribution in [0.1, 0.15) is 51.7 Å². The molecule has 2 nitrogen and oxygen atoms in total. The molecule has 0 bridgehead atoms. The minimum atomic E-state index is -0.407. The van der Waals surface area contributed by atoms with Crippen LogP contribution in [-0.2, 0) is 21.4 Å². The molecule has 0 N–H and O–H groups in total. The van der Waals surface area contributed by atoms with E-state index >= 15 is 0 Å². The van der Waals surface area contributed by atoms with Gasteiger partial charge >= 0.3 is 5.97 Å². The molecule has 0 spiro atoms. The fourth-order valence-electron chi connectivity index (χ4n) is 2.25. The van der Waals surface area contributed by atoms with Crippen LogP contribution in [0.3, 0.4) is 0 Å². The van der Waals surface area contributed by atoms with Gasteiger partial charge in [-0.05, 0) is 50.2 Å². The van der Waals surface area contributed by atoms with E-state index in [1.165, 1.54) is 18.4 Å². The summed E-state index contributed by atoms with van der Waals surface area (Å²) in [6.45, 7) is 7.97. The van der Waals surface area contributed by atoms with Gasteiger partial charge in [0, 0.05) is 0 Å². The van der Waals surface area contributed by atoms with Crippen LogP contribution in [-0.4, -0.2) is 11.6 Å². The van der Waals surface area contributed by atoms with E-state index in [4.69, 9.17) is 4.74 Å². The first-order chi connectivity index (χ1) is 8.30. The maximum absolute atomic E-state index is 11.9. The van der Waals surface area contributed by atoms with Gasteiger partial charge in [0.25, 0.3) is 0 Å². The van der Waals surface area contributed by atoms with Crippen molar-refractivity contribution in [2.45, 2.75) is 58.0 Å². The first-order valence-electron chi connectivity index (χ1n) is 6.60. The summed E-state index contributed by atoms with van der Waals surface area (Å²) in [5, 5.41) is 0. The maximum Gasteiger partial charge on any atom is 0.310 e. The van der Waals surface area contributed by atoms with E-state index in [2.05, 4.69) is 19.1 Å². The molecule has 1 aliphatic carbocycles. The summed E-state index contributed by atoms with van der Waals surface area (Å²) in [6.07, 6.45) is 2.82. The lowest BCUT2D eigenvalue weighted by atomic mass is 9.92. The van der Waals surface area contributed by atoms with Gasteiger partial charge in [-0.3, -0.25) is 4.79 Å². The SMILES string of the molecule is CC(C)(C)OC(=O)Cc1ccccc1C1(C)CC1. The van der Waals surface area contributed by atoms with E-state index < -0.39 is 5.60 Å². The van der Waals surface area contributed by atoms with Gasteiger partial charge in [0.1, 0.15) is 5.60 Å². The predicted octanol–water partition coefficient (Wildman–Crippen LogP) is 3.62. The van der Waals surface area contributed by atoms with Gasteiger partial charge in [0.15, 0.2) is 0 Å². The van der Waals surface area contributed by atoms with Gasteiger partial charge in [-0.2, -0.15) is 0 Å². The minimum Gasteiger partial charge on any atom is -0.460 e. The van der Waals surface area contributed by atoms with Crippen LogP contribution in [0.25, 0.3) is 0 Å². The van der Waals surface area contributed by atoms with Crippen molar-refractivity contribution in [3.63, 3.8) is 0 Å². The number of ether oxygens (including phenoxy) is 1. The molecule has 0 radical (unpaired) electrons. The summed E-state index contributed by atoms with van der Waals surface area (Å²) < 4.78 is 5.39. The van der Waals surface area contributed by atoms with Crippen molar-refractivity contribution in [2.24, 2.45) is 0 Å². The number of hydrogen-bond donors (Lipinski definition) is 0. The highest BCUT2D eigenvalue weighted by molar-refractivity contribution is 5.73. The molecular weight excluding hydrogens is 224 g/mol. The third-order valence-electron chi connectivity index (χ3n) is 3.42. The van der Waals surface area contributed by atoms with E-state index in [9.17, 15) is 4.79 Å². The largest absolute Gasteiger partial charge is 0.460 e. The molecule has 0 aliphatic heterocycles. The Morgan fingerprint density at radius 3 is 2.44 bits per heavy atom. The van der Waals surface area contributed by atoms with Crippen molar-refractivity contribution >= 4 is 5.97 Å². The number of carbonyl (C=O) groups is 1. The molecule has 1 saturated carbocycles. The molecule has 18 heavy (non-hydrogen) atoms. The van der Waals surface area contributed by atoms with Gasteiger partial charge in [-0.15, -0.1) is 0 Å². The van der Waals surface area contributed by atoms with Gasteiger partial charge in [-0.1, -0.05) is 31.2 Å². The summed E-state index contributed by atoms with van der Waals surface area (Å²) in [7, 11) is 0. The topological polar surface area (TPSA) is 26.3 Å². The molecule has 0 unspecified atom stereocenters. The zero-order valence-corrected chi connectivity index (χ0v) is 11.7.